The molecule has 2 aromatic rings. The SMILES string of the molecule is O=C(C1CCCN(c2ccc(-n3cncn3)nn2)C1)N1CCCC1. The molecule has 1 unspecified atom stereocenters. The number of nitrogens with zero attached hydrogens (tertiary/aromatic N) is 7. The van der Waals surface area contributed by atoms with Crippen LogP contribution in [0, 0.1) is 5.92 Å². The van der Waals surface area contributed by atoms with Crippen molar-refractivity contribution in [2.24, 2.45) is 5.92 Å². The van der Waals surface area contributed by atoms with Crippen LogP contribution in [0.4, 0.5) is 5.82 Å². The van der Waals surface area contributed by atoms with E-state index in [0.29, 0.717) is 11.7 Å². The van der Waals surface area contributed by atoms with Gasteiger partial charge in [0.1, 0.15) is 12.7 Å². The van der Waals surface area contributed by atoms with Crippen LogP contribution in [-0.4, -0.2) is 61.9 Å². The lowest BCUT2D eigenvalue weighted by molar-refractivity contribution is -0.134. The summed E-state index contributed by atoms with van der Waals surface area (Å²) in [5.41, 5.74) is 0. The van der Waals surface area contributed by atoms with Gasteiger partial charge in [-0.15, -0.1) is 10.2 Å². The molecule has 0 aromatic carbocycles. The van der Waals surface area contributed by atoms with E-state index in [1.54, 1.807) is 11.0 Å². The second kappa shape index (κ2) is 6.54. The van der Waals surface area contributed by atoms with Gasteiger partial charge >= 0.3 is 0 Å². The topological polar surface area (TPSA) is 80.0 Å². The van der Waals surface area contributed by atoms with Gasteiger partial charge in [-0.3, -0.25) is 4.79 Å². The van der Waals surface area contributed by atoms with Gasteiger partial charge < -0.3 is 9.80 Å². The molecule has 4 heterocycles. The summed E-state index contributed by atoms with van der Waals surface area (Å²) < 4.78 is 1.58. The minimum absolute atomic E-state index is 0.0774. The Morgan fingerprint density at radius 3 is 2.54 bits per heavy atom. The highest BCUT2D eigenvalue weighted by molar-refractivity contribution is 5.80. The molecule has 0 aliphatic carbocycles. The molecule has 24 heavy (non-hydrogen) atoms. The van der Waals surface area contributed by atoms with Gasteiger partial charge in [-0.2, -0.15) is 5.10 Å². The van der Waals surface area contributed by atoms with Gasteiger partial charge in [-0.1, -0.05) is 0 Å². The molecule has 2 fully saturated rings. The van der Waals surface area contributed by atoms with E-state index in [4.69, 9.17) is 0 Å². The van der Waals surface area contributed by atoms with E-state index in [-0.39, 0.29) is 5.92 Å². The number of rotatable bonds is 3. The standard InChI is InChI=1S/C16H21N7O/c24-16(21-7-1-2-8-21)13-4-3-9-22(10-13)14-5-6-15(20-19-14)23-12-17-11-18-23/h5-6,11-13H,1-4,7-10H2. The third-order valence-corrected chi connectivity index (χ3v) is 4.80. The zero-order valence-corrected chi connectivity index (χ0v) is 13.6. The Balaban J connectivity index is 1.44. The third-order valence-electron chi connectivity index (χ3n) is 4.80. The minimum atomic E-state index is 0.0774. The third kappa shape index (κ3) is 2.95. The van der Waals surface area contributed by atoms with Gasteiger partial charge in [-0.25, -0.2) is 9.67 Å². The lowest BCUT2D eigenvalue weighted by atomic mass is 9.96. The second-order valence-electron chi connectivity index (χ2n) is 6.41. The molecule has 8 heteroatoms. The maximum atomic E-state index is 12.6. The lowest BCUT2D eigenvalue weighted by Gasteiger charge is -2.34. The van der Waals surface area contributed by atoms with Gasteiger partial charge in [0.2, 0.25) is 5.91 Å². The van der Waals surface area contributed by atoms with Crippen molar-refractivity contribution in [1.29, 1.82) is 0 Å². The van der Waals surface area contributed by atoms with E-state index in [9.17, 15) is 4.79 Å². The number of piperidine rings is 1. The number of aromatic nitrogens is 5. The summed E-state index contributed by atoms with van der Waals surface area (Å²) in [6.07, 6.45) is 7.31. The summed E-state index contributed by atoms with van der Waals surface area (Å²) in [6, 6.07) is 3.82. The van der Waals surface area contributed by atoms with Crippen LogP contribution in [0.5, 0.6) is 0 Å². The highest BCUT2D eigenvalue weighted by Gasteiger charge is 2.31. The van der Waals surface area contributed by atoms with Crippen LogP contribution in [0.3, 0.4) is 0 Å². The Kier molecular flexibility index (Phi) is 4.10. The van der Waals surface area contributed by atoms with Crippen molar-refractivity contribution < 1.29 is 4.79 Å². The van der Waals surface area contributed by atoms with Crippen molar-refractivity contribution in [2.45, 2.75) is 25.7 Å². The highest BCUT2D eigenvalue weighted by Crippen LogP contribution is 2.24. The smallest absolute Gasteiger partial charge is 0.227 e. The molecule has 2 aliphatic heterocycles. The fourth-order valence-electron chi connectivity index (χ4n) is 3.52. The molecular formula is C16H21N7O. The first-order chi connectivity index (χ1) is 11.8. The van der Waals surface area contributed by atoms with Crippen LogP contribution in [-0.2, 0) is 4.79 Å². The number of carbonyl (C=O) groups is 1. The van der Waals surface area contributed by atoms with Crippen LogP contribution in [0.1, 0.15) is 25.7 Å². The summed E-state index contributed by atoms with van der Waals surface area (Å²) in [5, 5.41) is 12.6. The highest BCUT2D eigenvalue weighted by atomic mass is 16.2. The van der Waals surface area contributed by atoms with Crippen molar-refractivity contribution in [2.75, 3.05) is 31.1 Å². The number of hydrogen-bond acceptors (Lipinski definition) is 6. The Morgan fingerprint density at radius 1 is 1.04 bits per heavy atom. The zero-order chi connectivity index (χ0) is 16.4. The first-order valence-electron chi connectivity index (χ1n) is 8.54. The number of hydrogen-bond donors (Lipinski definition) is 0. The molecular weight excluding hydrogens is 306 g/mol. The molecule has 0 radical (unpaired) electrons. The average molecular weight is 327 g/mol. The Hall–Kier alpha value is -2.51. The number of anilines is 1. The van der Waals surface area contributed by atoms with Gasteiger partial charge in [-0.05, 0) is 37.8 Å². The van der Waals surface area contributed by atoms with E-state index >= 15 is 0 Å². The van der Waals surface area contributed by atoms with Gasteiger partial charge in [0.25, 0.3) is 0 Å². The van der Waals surface area contributed by atoms with E-state index in [1.807, 2.05) is 17.0 Å². The normalized spacial score (nSPS) is 21.2. The van der Waals surface area contributed by atoms with Crippen LogP contribution in [0.25, 0.3) is 5.82 Å². The number of amides is 1. The molecule has 1 atom stereocenters. The van der Waals surface area contributed by atoms with E-state index < -0.39 is 0 Å². The predicted octanol–water partition coefficient (Wildman–Crippen LogP) is 0.896. The summed E-state index contributed by atoms with van der Waals surface area (Å²) >= 11 is 0. The first-order valence-corrected chi connectivity index (χ1v) is 8.54. The monoisotopic (exact) mass is 327 g/mol. The summed E-state index contributed by atoms with van der Waals surface area (Å²) in [4.78, 5) is 20.7. The maximum Gasteiger partial charge on any atom is 0.227 e. The molecule has 8 nitrogen and oxygen atoms in total. The van der Waals surface area contributed by atoms with E-state index in [2.05, 4.69) is 25.2 Å². The van der Waals surface area contributed by atoms with Crippen molar-refractivity contribution >= 4 is 11.7 Å². The second-order valence-corrected chi connectivity index (χ2v) is 6.41. The summed E-state index contributed by atoms with van der Waals surface area (Å²) in [5.74, 6) is 1.84. The molecule has 2 saturated heterocycles. The molecule has 0 bridgehead atoms. The maximum absolute atomic E-state index is 12.6. The van der Waals surface area contributed by atoms with Crippen molar-refractivity contribution in [3.8, 4) is 5.82 Å². The fourth-order valence-corrected chi connectivity index (χ4v) is 3.52. The average Bonchev–Trinajstić information content (AvgIpc) is 3.35. The molecule has 0 saturated carbocycles. The van der Waals surface area contributed by atoms with Crippen molar-refractivity contribution in [1.82, 2.24) is 29.9 Å². The fraction of sp³-hybridized carbons (Fsp3) is 0.562. The summed E-state index contributed by atoms with van der Waals surface area (Å²) in [7, 11) is 0. The van der Waals surface area contributed by atoms with E-state index in [1.165, 1.54) is 6.33 Å². The van der Waals surface area contributed by atoms with Gasteiger partial charge in [0.15, 0.2) is 11.6 Å². The molecule has 0 spiro atoms. The molecule has 126 valence electrons. The largest absolute Gasteiger partial charge is 0.354 e. The number of likely N-dealkylation sites (tertiary alicyclic amines) is 1. The molecule has 0 N–H and O–H groups in total. The lowest BCUT2D eigenvalue weighted by Crippen LogP contribution is -2.44. The van der Waals surface area contributed by atoms with Crippen molar-refractivity contribution in [3.05, 3.63) is 24.8 Å². The Labute approximate surface area is 140 Å². The van der Waals surface area contributed by atoms with Crippen LogP contribution < -0.4 is 4.90 Å². The number of carbonyl (C=O) groups excluding carboxylic acids is 1. The van der Waals surface area contributed by atoms with Crippen LogP contribution >= 0.6 is 0 Å². The van der Waals surface area contributed by atoms with Gasteiger partial charge in [0, 0.05) is 26.2 Å². The van der Waals surface area contributed by atoms with E-state index in [0.717, 1.165) is 57.7 Å². The predicted molar refractivity (Wildman–Crippen MR) is 87.7 cm³/mol. The molecule has 2 aromatic heterocycles. The quantitative estimate of drug-likeness (QED) is 0.833. The summed E-state index contributed by atoms with van der Waals surface area (Å²) in [6.45, 7) is 3.48. The molecule has 1 amide bonds. The first kappa shape index (κ1) is 15.0. The zero-order valence-electron chi connectivity index (χ0n) is 13.6. The van der Waals surface area contributed by atoms with Crippen LogP contribution in [0.15, 0.2) is 24.8 Å². The van der Waals surface area contributed by atoms with Crippen molar-refractivity contribution in [3.63, 3.8) is 0 Å². The Morgan fingerprint density at radius 2 is 1.83 bits per heavy atom. The molecule has 2 aliphatic rings. The van der Waals surface area contributed by atoms with Gasteiger partial charge in [0.05, 0.1) is 5.92 Å². The minimum Gasteiger partial charge on any atom is -0.354 e. The van der Waals surface area contributed by atoms with Crippen LogP contribution in [0.2, 0.25) is 0 Å². The molecule has 4 rings (SSSR count). The Bertz CT molecular complexity index is 679.